The van der Waals surface area contributed by atoms with Gasteiger partial charge in [0.05, 0.1) is 12.5 Å². The molecule has 0 bridgehead atoms. The molecule has 0 atom stereocenters. The second-order valence-electron chi connectivity index (χ2n) is 6.07. The van der Waals surface area contributed by atoms with Crippen molar-refractivity contribution in [2.75, 3.05) is 0 Å². The highest BCUT2D eigenvalue weighted by Crippen LogP contribution is 2.22. The Morgan fingerprint density at radius 1 is 0.905 bits per heavy atom. The van der Waals surface area contributed by atoms with Gasteiger partial charge in [-0.1, -0.05) is 62.9 Å². The summed E-state index contributed by atoms with van der Waals surface area (Å²) in [6, 6.07) is 18.4. The van der Waals surface area contributed by atoms with Gasteiger partial charge in [0, 0.05) is 11.1 Å². The quantitative estimate of drug-likeness (QED) is 0.704. The second kappa shape index (κ2) is 6.29. The van der Waals surface area contributed by atoms with E-state index in [-0.39, 0.29) is 5.41 Å². The third-order valence-electron chi connectivity index (χ3n) is 3.38. The average molecular weight is 273 g/mol. The lowest BCUT2D eigenvalue weighted by Crippen LogP contribution is -2.10. The van der Waals surface area contributed by atoms with Gasteiger partial charge >= 0.3 is 0 Å². The van der Waals surface area contributed by atoms with Gasteiger partial charge in [-0.3, -0.25) is 0 Å². The predicted octanol–water partition coefficient (Wildman–Crippen LogP) is 4.45. The standard InChI is InChI=1S/C20H19N/c1-20(2,3)19-12-9-16(10-13-19)8-11-17-6-4-5-7-18(17)14-15-21/h4-7,9-10,12-13H,14H2,1-3H3. The van der Waals surface area contributed by atoms with E-state index in [0.29, 0.717) is 6.42 Å². The fourth-order valence-corrected chi connectivity index (χ4v) is 2.07. The van der Waals surface area contributed by atoms with Crippen LogP contribution in [-0.2, 0) is 11.8 Å². The highest BCUT2D eigenvalue weighted by molar-refractivity contribution is 5.47. The Kier molecular flexibility index (Phi) is 4.46. The number of hydrogen-bond donors (Lipinski definition) is 0. The number of benzene rings is 2. The summed E-state index contributed by atoms with van der Waals surface area (Å²) in [6.45, 7) is 6.60. The first-order chi connectivity index (χ1) is 10.0. The van der Waals surface area contributed by atoms with Crippen LogP contribution in [0, 0.1) is 23.2 Å². The summed E-state index contributed by atoms with van der Waals surface area (Å²) in [4.78, 5) is 0. The van der Waals surface area contributed by atoms with Gasteiger partial charge in [-0.25, -0.2) is 0 Å². The molecular weight excluding hydrogens is 254 g/mol. The molecular formula is C20H19N. The summed E-state index contributed by atoms with van der Waals surface area (Å²) in [5.41, 5.74) is 4.37. The highest BCUT2D eigenvalue weighted by atomic mass is 14.2. The van der Waals surface area contributed by atoms with Crippen molar-refractivity contribution >= 4 is 0 Å². The van der Waals surface area contributed by atoms with Crippen LogP contribution in [0.1, 0.15) is 43.0 Å². The molecule has 1 heteroatoms. The van der Waals surface area contributed by atoms with Crippen LogP contribution in [0.2, 0.25) is 0 Å². The molecule has 0 aliphatic heterocycles. The van der Waals surface area contributed by atoms with Crippen LogP contribution in [0.4, 0.5) is 0 Å². The number of nitrogens with zero attached hydrogens (tertiary/aromatic N) is 1. The average Bonchev–Trinajstić information content (AvgIpc) is 2.46. The first kappa shape index (κ1) is 14.9. The van der Waals surface area contributed by atoms with Gasteiger partial charge in [0.2, 0.25) is 0 Å². The molecule has 0 amide bonds. The van der Waals surface area contributed by atoms with Gasteiger partial charge in [0.15, 0.2) is 0 Å². The maximum atomic E-state index is 8.84. The molecule has 0 fully saturated rings. The van der Waals surface area contributed by atoms with Crippen molar-refractivity contribution in [3.05, 3.63) is 70.8 Å². The van der Waals surface area contributed by atoms with E-state index in [2.05, 4.69) is 62.9 Å². The van der Waals surface area contributed by atoms with E-state index in [0.717, 1.165) is 16.7 Å². The maximum absolute atomic E-state index is 8.84. The van der Waals surface area contributed by atoms with E-state index < -0.39 is 0 Å². The fraction of sp³-hybridized carbons (Fsp3) is 0.250. The zero-order valence-corrected chi connectivity index (χ0v) is 12.8. The molecule has 0 N–H and O–H groups in total. The molecule has 104 valence electrons. The molecule has 0 spiro atoms. The van der Waals surface area contributed by atoms with Crippen molar-refractivity contribution in [1.82, 2.24) is 0 Å². The zero-order chi connectivity index (χ0) is 15.3. The SMILES string of the molecule is CC(C)(C)c1ccc(C#Cc2ccccc2CC#N)cc1. The lowest BCUT2D eigenvalue weighted by Gasteiger charge is -2.18. The molecule has 2 aromatic carbocycles. The van der Waals surface area contributed by atoms with Crippen LogP contribution < -0.4 is 0 Å². The Labute approximate surface area is 127 Å². The molecule has 0 aromatic heterocycles. The van der Waals surface area contributed by atoms with Crippen molar-refractivity contribution in [2.24, 2.45) is 0 Å². The minimum absolute atomic E-state index is 0.158. The van der Waals surface area contributed by atoms with Crippen molar-refractivity contribution < 1.29 is 0 Å². The maximum Gasteiger partial charge on any atom is 0.0670 e. The fourth-order valence-electron chi connectivity index (χ4n) is 2.07. The monoisotopic (exact) mass is 273 g/mol. The van der Waals surface area contributed by atoms with Gasteiger partial charge < -0.3 is 0 Å². The predicted molar refractivity (Wildman–Crippen MR) is 86.9 cm³/mol. The number of hydrogen-bond acceptors (Lipinski definition) is 1. The van der Waals surface area contributed by atoms with Crippen LogP contribution in [0.15, 0.2) is 48.5 Å². The van der Waals surface area contributed by atoms with Crippen LogP contribution in [0.25, 0.3) is 0 Å². The number of nitriles is 1. The molecule has 0 unspecified atom stereocenters. The van der Waals surface area contributed by atoms with E-state index in [1.165, 1.54) is 5.56 Å². The first-order valence-corrected chi connectivity index (χ1v) is 7.08. The van der Waals surface area contributed by atoms with Gasteiger partial charge in [-0.2, -0.15) is 5.26 Å². The normalized spacial score (nSPS) is 10.4. The molecule has 0 aliphatic carbocycles. The van der Waals surface area contributed by atoms with E-state index in [4.69, 9.17) is 5.26 Å². The van der Waals surface area contributed by atoms with Gasteiger partial charge in [0.25, 0.3) is 0 Å². The van der Waals surface area contributed by atoms with Crippen LogP contribution in [0.5, 0.6) is 0 Å². The summed E-state index contributed by atoms with van der Waals surface area (Å²) in [5, 5.41) is 8.84. The molecule has 0 saturated heterocycles. The summed E-state index contributed by atoms with van der Waals surface area (Å²) < 4.78 is 0. The third-order valence-corrected chi connectivity index (χ3v) is 3.38. The molecule has 2 aromatic rings. The minimum Gasteiger partial charge on any atom is -0.198 e. The lowest BCUT2D eigenvalue weighted by atomic mass is 9.87. The smallest absolute Gasteiger partial charge is 0.0670 e. The Hall–Kier alpha value is -2.51. The van der Waals surface area contributed by atoms with Crippen molar-refractivity contribution in [1.29, 1.82) is 5.26 Å². The summed E-state index contributed by atoms with van der Waals surface area (Å²) in [7, 11) is 0. The first-order valence-electron chi connectivity index (χ1n) is 7.08. The van der Waals surface area contributed by atoms with Gasteiger partial charge in [-0.05, 0) is 34.7 Å². The summed E-state index contributed by atoms with van der Waals surface area (Å²) in [6.07, 6.45) is 0.397. The molecule has 0 aliphatic rings. The topological polar surface area (TPSA) is 23.8 Å². The lowest BCUT2D eigenvalue weighted by molar-refractivity contribution is 0.590. The van der Waals surface area contributed by atoms with E-state index >= 15 is 0 Å². The van der Waals surface area contributed by atoms with Crippen molar-refractivity contribution in [3.63, 3.8) is 0 Å². The van der Waals surface area contributed by atoms with Gasteiger partial charge in [-0.15, -0.1) is 0 Å². The second-order valence-corrected chi connectivity index (χ2v) is 6.07. The highest BCUT2D eigenvalue weighted by Gasteiger charge is 2.12. The van der Waals surface area contributed by atoms with Gasteiger partial charge in [0.1, 0.15) is 0 Å². The van der Waals surface area contributed by atoms with Crippen LogP contribution in [-0.4, -0.2) is 0 Å². The van der Waals surface area contributed by atoms with Crippen molar-refractivity contribution in [2.45, 2.75) is 32.6 Å². The van der Waals surface area contributed by atoms with Crippen molar-refractivity contribution in [3.8, 4) is 17.9 Å². The molecule has 0 saturated carbocycles. The Morgan fingerprint density at radius 3 is 2.19 bits per heavy atom. The van der Waals surface area contributed by atoms with E-state index in [1.807, 2.05) is 24.3 Å². The summed E-state index contributed by atoms with van der Waals surface area (Å²) >= 11 is 0. The number of rotatable bonds is 1. The van der Waals surface area contributed by atoms with E-state index in [1.54, 1.807) is 0 Å². The molecule has 1 nitrogen and oxygen atoms in total. The largest absolute Gasteiger partial charge is 0.198 e. The Morgan fingerprint density at radius 2 is 1.57 bits per heavy atom. The molecule has 0 heterocycles. The minimum atomic E-state index is 0.158. The van der Waals surface area contributed by atoms with E-state index in [9.17, 15) is 0 Å². The zero-order valence-electron chi connectivity index (χ0n) is 12.8. The Balaban J connectivity index is 2.26. The molecule has 21 heavy (non-hydrogen) atoms. The Bertz CT molecular complexity index is 713. The summed E-state index contributed by atoms with van der Waals surface area (Å²) in [5.74, 6) is 6.35. The van der Waals surface area contributed by atoms with Crippen LogP contribution in [0.3, 0.4) is 0 Å². The molecule has 0 radical (unpaired) electrons. The third kappa shape index (κ3) is 3.98. The van der Waals surface area contributed by atoms with Crippen LogP contribution >= 0.6 is 0 Å². The molecule has 2 rings (SSSR count).